The predicted octanol–water partition coefficient (Wildman–Crippen LogP) is 2.83. The molecule has 3 unspecified atom stereocenters. The Morgan fingerprint density at radius 3 is 2.79 bits per heavy atom. The molecule has 156 valence electrons. The van der Waals surface area contributed by atoms with Crippen molar-refractivity contribution in [2.24, 2.45) is 16.8 Å². The number of fused-ring (bicyclic) bond motifs is 3. The summed E-state index contributed by atoms with van der Waals surface area (Å²) < 4.78 is 0. The number of benzene rings is 1. The molecule has 2 fully saturated rings. The molecule has 4 rings (SSSR count). The molecule has 0 saturated heterocycles. The Balaban J connectivity index is 1.41. The molecule has 1 aromatic carbocycles. The lowest BCUT2D eigenvalue weighted by Crippen LogP contribution is -2.46. The minimum Gasteiger partial charge on any atom is -0.358 e. The van der Waals surface area contributed by atoms with Crippen LogP contribution in [0, 0.1) is 18.8 Å². The van der Waals surface area contributed by atoms with Gasteiger partial charge in [-0.2, -0.15) is 0 Å². The summed E-state index contributed by atoms with van der Waals surface area (Å²) in [4.78, 5) is 21.7. The van der Waals surface area contributed by atoms with Gasteiger partial charge >= 0.3 is 0 Å². The maximum absolute atomic E-state index is 12.0. The van der Waals surface area contributed by atoms with Crippen molar-refractivity contribution in [2.45, 2.75) is 45.1 Å². The molecule has 6 heteroatoms. The number of rotatable bonds is 6. The average Bonchev–Trinajstić information content (AvgIpc) is 3.40. The van der Waals surface area contributed by atoms with Crippen LogP contribution in [-0.2, 0) is 11.2 Å². The van der Waals surface area contributed by atoms with E-state index in [0.29, 0.717) is 6.04 Å². The highest BCUT2D eigenvalue weighted by Gasteiger charge is 2.39. The third kappa shape index (κ3) is 4.41. The highest BCUT2D eigenvalue weighted by molar-refractivity contribution is 5.86. The van der Waals surface area contributed by atoms with E-state index in [0.717, 1.165) is 30.8 Å². The molecule has 2 aromatic rings. The van der Waals surface area contributed by atoms with Crippen molar-refractivity contribution in [3.8, 4) is 0 Å². The summed E-state index contributed by atoms with van der Waals surface area (Å²) >= 11 is 0. The fourth-order valence-corrected chi connectivity index (χ4v) is 5.00. The zero-order valence-electron chi connectivity index (χ0n) is 17.8. The van der Waals surface area contributed by atoms with Crippen LogP contribution in [0.3, 0.4) is 0 Å². The molecule has 2 aliphatic carbocycles. The summed E-state index contributed by atoms with van der Waals surface area (Å²) in [6.07, 6.45) is 6.18. The van der Waals surface area contributed by atoms with Crippen LogP contribution in [0.25, 0.3) is 10.9 Å². The predicted molar refractivity (Wildman–Crippen MR) is 118 cm³/mol. The molecule has 3 N–H and O–H groups in total. The number of carbonyl (C=O) groups is 1. The van der Waals surface area contributed by atoms with E-state index in [1.165, 1.54) is 47.8 Å². The minimum absolute atomic E-state index is 0.0199. The smallest absolute Gasteiger partial charge is 0.243 e. The first-order chi connectivity index (χ1) is 14.0. The van der Waals surface area contributed by atoms with Crippen LogP contribution in [0.2, 0.25) is 0 Å². The van der Waals surface area contributed by atoms with Crippen LogP contribution < -0.4 is 10.6 Å². The average molecular weight is 396 g/mol. The molecule has 1 aromatic heterocycles. The van der Waals surface area contributed by atoms with Crippen LogP contribution >= 0.6 is 0 Å². The summed E-state index contributed by atoms with van der Waals surface area (Å²) in [5.41, 5.74) is 3.75. The first-order valence-corrected chi connectivity index (χ1v) is 10.8. The molecular formula is C23H33N5O. The van der Waals surface area contributed by atoms with Gasteiger partial charge in [-0.25, -0.2) is 4.99 Å². The van der Waals surface area contributed by atoms with Crippen LogP contribution in [0.15, 0.2) is 29.3 Å². The molecule has 0 spiro atoms. The van der Waals surface area contributed by atoms with Crippen molar-refractivity contribution in [3.05, 3.63) is 35.5 Å². The van der Waals surface area contributed by atoms with E-state index in [9.17, 15) is 4.79 Å². The van der Waals surface area contributed by atoms with Crippen molar-refractivity contribution >= 4 is 22.8 Å². The normalized spacial score (nSPS) is 23.6. The zero-order chi connectivity index (χ0) is 20.4. The number of aliphatic imine (C=N–C) groups is 1. The number of carbonyl (C=O) groups excluding carboxylic acids is 1. The standard InChI is InChI=1S/C23H33N5O/c1-15-18(19-6-4-5-7-20(19)26-15)10-11-24-23(25-14-22(29)28(2)3)27-21-13-16-8-9-17(21)12-16/h4-7,16-17,21,26H,8-14H2,1-3H3,(H2,24,25,27). The van der Waals surface area contributed by atoms with Gasteiger partial charge in [0.05, 0.1) is 0 Å². The molecule has 2 aliphatic rings. The maximum Gasteiger partial charge on any atom is 0.243 e. The third-order valence-electron chi connectivity index (χ3n) is 6.63. The molecular weight excluding hydrogens is 362 g/mol. The van der Waals surface area contributed by atoms with Gasteiger partial charge < -0.3 is 20.5 Å². The Kier molecular flexibility index (Phi) is 5.79. The van der Waals surface area contributed by atoms with E-state index < -0.39 is 0 Å². The van der Waals surface area contributed by atoms with Crippen LogP contribution in [0.1, 0.15) is 36.9 Å². The lowest BCUT2D eigenvalue weighted by Gasteiger charge is -2.25. The van der Waals surface area contributed by atoms with Gasteiger partial charge in [-0.3, -0.25) is 4.79 Å². The molecule has 2 saturated carbocycles. The number of nitrogens with one attached hydrogen (secondary N) is 3. The molecule has 2 bridgehead atoms. The van der Waals surface area contributed by atoms with Gasteiger partial charge in [0, 0.05) is 43.3 Å². The van der Waals surface area contributed by atoms with E-state index in [1.807, 2.05) is 0 Å². The Morgan fingerprint density at radius 1 is 1.24 bits per heavy atom. The second-order valence-electron chi connectivity index (χ2n) is 8.83. The SMILES string of the molecule is Cc1[nH]c2ccccc2c1CCNC(=NCC(=O)N(C)C)NC1CC2CCC1C2. The summed E-state index contributed by atoms with van der Waals surface area (Å²) in [6, 6.07) is 8.93. The third-order valence-corrected chi connectivity index (χ3v) is 6.63. The van der Waals surface area contributed by atoms with Gasteiger partial charge in [0.15, 0.2) is 5.96 Å². The molecule has 0 radical (unpaired) electrons. The summed E-state index contributed by atoms with van der Waals surface area (Å²) in [7, 11) is 3.54. The number of likely N-dealkylation sites (N-methyl/N-ethyl adjacent to an activating group) is 1. The molecule has 1 heterocycles. The number of guanidine groups is 1. The van der Waals surface area contributed by atoms with Gasteiger partial charge in [0.25, 0.3) is 0 Å². The molecule has 29 heavy (non-hydrogen) atoms. The fourth-order valence-electron chi connectivity index (χ4n) is 5.00. The highest BCUT2D eigenvalue weighted by Crippen LogP contribution is 2.44. The Morgan fingerprint density at radius 2 is 2.07 bits per heavy atom. The Bertz CT molecular complexity index is 900. The van der Waals surface area contributed by atoms with Gasteiger partial charge in [-0.15, -0.1) is 0 Å². The number of nitrogens with zero attached hydrogens (tertiary/aromatic N) is 2. The van der Waals surface area contributed by atoms with Gasteiger partial charge in [0.1, 0.15) is 6.54 Å². The maximum atomic E-state index is 12.0. The van der Waals surface area contributed by atoms with E-state index in [4.69, 9.17) is 0 Å². The van der Waals surface area contributed by atoms with E-state index in [-0.39, 0.29) is 12.5 Å². The van der Waals surface area contributed by atoms with Gasteiger partial charge in [0.2, 0.25) is 5.91 Å². The van der Waals surface area contributed by atoms with Crippen molar-refractivity contribution in [1.29, 1.82) is 0 Å². The Labute approximate surface area is 173 Å². The Hall–Kier alpha value is -2.50. The number of hydrogen-bond donors (Lipinski definition) is 3. The van der Waals surface area contributed by atoms with Gasteiger partial charge in [-0.1, -0.05) is 24.6 Å². The number of H-pyrrole nitrogens is 1. The van der Waals surface area contributed by atoms with Gasteiger partial charge in [-0.05, 0) is 56.1 Å². The van der Waals surface area contributed by atoms with Crippen LogP contribution in [0.4, 0.5) is 0 Å². The van der Waals surface area contributed by atoms with Crippen molar-refractivity contribution < 1.29 is 4.79 Å². The van der Waals surface area contributed by atoms with E-state index in [1.54, 1.807) is 19.0 Å². The van der Waals surface area contributed by atoms with Crippen LogP contribution in [-0.4, -0.2) is 55.0 Å². The lowest BCUT2D eigenvalue weighted by atomic mass is 9.95. The lowest BCUT2D eigenvalue weighted by molar-refractivity contribution is -0.127. The fraction of sp³-hybridized carbons (Fsp3) is 0.565. The van der Waals surface area contributed by atoms with E-state index >= 15 is 0 Å². The number of aromatic amines is 1. The zero-order valence-corrected chi connectivity index (χ0v) is 17.8. The number of para-hydroxylation sites is 1. The highest BCUT2D eigenvalue weighted by atomic mass is 16.2. The summed E-state index contributed by atoms with van der Waals surface area (Å²) in [5, 5.41) is 8.40. The van der Waals surface area contributed by atoms with Crippen LogP contribution in [0.5, 0.6) is 0 Å². The van der Waals surface area contributed by atoms with Crippen molar-refractivity contribution in [1.82, 2.24) is 20.5 Å². The van der Waals surface area contributed by atoms with Crippen molar-refractivity contribution in [2.75, 3.05) is 27.2 Å². The molecule has 1 amide bonds. The second kappa shape index (κ2) is 8.47. The number of aryl methyl sites for hydroxylation is 1. The second-order valence-corrected chi connectivity index (χ2v) is 8.83. The number of aromatic nitrogens is 1. The van der Waals surface area contributed by atoms with Crippen molar-refractivity contribution in [3.63, 3.8) is 0 Å². The molecule has 6 nitrogen and oxygen atoms in total. The molecule has 3 atom stereocenters. The quantitative estimate of drug-likeness (QED) is 0.520. The largest absolute Gasteiger partial charge is 0.358 e. The first-order valence-electron chi connectivity index (χ1n) is 10.8. The van der Waals surface area contributed by atoms with E-state index in [2.05, 4.69) is 51.8 Å². The minimum atomic E-state index is 0.0199. The summed E-state index contributed by atoms with van der Waals surface area (Å²) in [5.74, 6) is 2.42. The number of amides is 1. The first kappa shape index (κ1) is 19.8. The number of hydrogen-bond acceptors (Lipinski definition) is 2. The molecule has 0 aliphatic heterocycles. The monoisotopic (exact) mass is 395 g/mol. The summed E-state index contributed by atoms with van der Waals surface area (Å²) in [6.45, 7) is 3.09. The topological polar surface area (TPSA) is 72.5 Å².